The number of aromatic nitrogens is 1. The van der Waals surface area contributed by atoms with Gasteiger partial charge in [0.25, 0.3) is 0 Å². The average molecular weight is 276 g/mol. The molecule has 1 aliphatic carbocycles. The zero-order valence-electron chi connectivity index (χ0n) is 12.3. The Morgan fingerprint density at radius 3 is 2.85 bits per heavy atom. The van der Waals surface area contributed by atoms with Gasteiger partial charge in [-0.1, -0.05) is 19.3 Å². The van der Waals surface area contributed by atoms with E-state index in [1.54, 1.807) is 6.20 Å². The van der Waals surface area contributed by atoms with Gasteiger partial charge in [0.1, 0.15) is 0 Å². The van der Waals surface area contributed by atoms with Gasteiger partial charge in [0.15, 0.2) is 5.82 Å². The summed E-state index contributed by atoms with van der Waals surface area (Å²) in [4.78, 5) is 18.7. The molecule has 1 aromatic rings. The number of rotatable bonds is 3. The summed E-state index contributed by atoms with van der Waals surface area (Å²) < 4.78 is 0. The first-order valence-electron chi connectivity index (χ1n) is 7.28. The van der Waals surface area contributed by atoms with Crippen molar-refractivity contribution in [2.75, 3.05) is 24.3 Å². The maximum atomic E-state index is 12.5. The van der Waals surface area contributed by atoms with Gasteiger partial charge < -0.3 is 16.0 Å². The zero-order chi connectivity index (χ0) is 14.5. The van der Waals surface area contributed by atoms with Gasteiger partial charge in [-0.2, -0.15) is 0 Å². The number of nitrogens with two attached hydrogens (primary N) is 1. The van der Waals surface area contributed by atoms with E-state index in [0.29, 0.717) is 0 Å². The number of anilines is 2. The second-order valence-corrected chi connectivity index (χ2v) is 5.67. The highest BCUT2D eigenvalue weighted by molar-refractivity contribution is 5.95. The molecular formula is C15H24N4O. The van der Waals surface area contributed by atoms with Crippen LogP contribution in [0.1, 0.15) is 32.1 Å². The molecular weight excluding hydrogens is 252 g/mol. The highest BCUT2D eigenvalue weighted by atomic mass is 16.1. The number of nitrogens with zero attached hydrogens (tertiary/aromatic N) is 2. The summed E-state index contributed by atoms with van der Waals surface area (Å²) in [6.07, 6.45) is 6.92. The summed E-state index contributed by atoms with van der Waals surface area (Å²) in [5.41, 5.74) is 6.89. The third kappa shape index (κ3) is 3.48. The van der Waals surface area contributed by atoms with Crippen LogP contribution in [0, 0.1) is 5.92 Å². The molecule has 20 heavy (non-hydrogen) atoms. The fourth-order valence-corrected chi connectivity index (χ4v) is 2.74. The summed E-state index contributed by atoms with van der Waals surface area (Å²) in [6, 6.07) is 3.68. The highest BCUT2D eigenvalue weighted by Gasteiger charge is 2.27. The first-order chi connectivity index (χ1) is 9.59. The molecule has 0 saturated heterocycles. The summed E-state index contributed by atoms with van der Waals surface area (Å²) >= 11 is 0. The van der Waals surface area contributed by atoms with Crippen molar-refractivity contribution in [3.05, 3.63) is 18.3 Å². The Kier molecular flexibility index (Phi) is 4.95. The molecule has 1 fully saturated rings. The van der Waals surface area contributed by atoms with Crippen LogP contribution in [0.4, 0.5) is 11.5 Å². The molecule has 0 aromatic carbocycles. The van der Waals surface area contributed by atoms with Crippen molar-refractivity contribution in [3.63, 3.8) is 0 Å². The molecule has 110 valence electrons. The fraction of sp³-hybridized carbons (Fsp3) is 0.600. The molecule has 1 saturated carbocycles. The quantitative estimate of drug-likeness (QED) is 0.828. The van der Waals surface area contributed by atoms with Gasteiger partial charge in [-0.3, -0.25) is 4.79 Å². The van der Waals surface area contributed by atoms with Crippen LogP contribution in [0.3, 0.4) is 0 Å². The maximum Gasteiger partial charge on any atom is 0.229 e. The first kappa shape index (κ1) is 14.8. The average Bonchev–Trinajstić information content (AvgIpc) is 2.63. The van der Waals surface area contributed by atoms with Crippen LogP contribution >= 0.6 is 0 Å². The minimum atomic E-state index is -0.0901. The van der Waals surface area contributed by atoms with Gasteiger partial charge in [0, 0.05) is 26.3 Å². The minimum Gasteiger partial charge on any atom is -0.361 e. The Balaban J connectivity index is 2.11. The van der Waals surface area contributed by atoms with Crippen LogP contribution in [-0.4, -0.2) is 31.0 Å². The van der Waals surface area contributed by atoms with Gasteiger partial charge in [-0.05, 0) is 25.0 Å². The lowest BCUT2D eigenvalue weighted by molar-refractivity contribution is -0.120. The van der Waals surface area contributed by atoms with Gasteiger partial charge in [-0.15, -0.1) is 0 Å². The maximum absolute atomic E-state index is 12.5. The summed E-state index contributed by atoms with van der Waals surface area (Å²) in [7, 11) is 3.82. The van der Waals surface area contributed by atoms with Crippen molar-refractivity contribution in [1.29, 1.82) is 0 Å². The molecule has 1 amide bonds. The van der Waals surface area contributed by atoms with E-state index in [0.717, 1.165) is 37.2 Å². The molecule has 2 unspecified atom stereocenters. The van der Waals surface area contributed by atoms with Gasteiger partial charge in [-0.25, -0.2) is 4.98 Å². The largest absolute Gasteiger partial charge is 0.361 e. The van der Waals surface area contributed by atoms with Crippen LogP contribution in [0.15, 0.2) is 18.3 Å². The van der Waals surface area contributed by atoms with Crippen molar-refractivity contribution < 1.29 is 4.79 Å². The first-order valence-corrected chi connectivity index (χ1v) is 7.28. The predicted octanol–water partition coefficient (Wildman–Crippen LogP) is 1.99. The second kappa shape index (κ2) is 6.70. The van der Waals surface area contributed by atoms with Crippen molar-refractivity contribution in [3.8, 4) is 0 Å². The van der Waals surface area contributed by atoms with Gasteiger partial charge in [0.2, 0.25) is 5.91 Å². The molecule has 0 spiro atoms. The molecule has 0 aliphatic heterocycles. The van der Waals surface area contributed by atoms with E-state index in [4.69, 9.17) is 5.73 Å². The second-order valence-electron chi connectivity index (χ2n) is 5.67. The molecule has 5 nitrogen and oxygen atoms in total. The number of amides is 1. The molecule has 3 N–H and O–H groups in total. The molecule has 0 radical (unpaired) electrons. The number of pyridine rings is 1. The van der Waals surface area contributed by atoms with Crippen molar-refractivity contribution in [2.45, 2.75) is 38.1 Å². The Bertz CT molecular complexity index is 461. The molecule has 1 aliphatic rings. The van der Waals surface area contributed by atoms with Crippen LogP contribution < -0.4 is 16.0 Å². The Morgan fingerprint density at radius 2 is 2.10 bits per heavy atom. The van der Waals surface area contributed by atoms with E-state index in [-0.39, 0.29) is 17.9 Å². The van der Waals surface area contributed by atoms with E-state index in [9.17, 15) is 4.79 Å². The third-order valence-electron chi connectivity index (χ3n) is 3.87. The number of nitrogens with one attached hydrogen (secondary N) is 1. The lowest BCUT2D eigenvalue weighted by Gasteiger charge is -2.22. The Morgan fingerprint density at radius 1 is 1.35 bits per heavy atom. The predicted molar refractivity (Wildman–Crippen MR) is 81.7 cm³/mol. The molecule has 1 aromatic heterocycles. The molecule has 1 heterocycles. The van der Waals surface area contributed by atoms with E-state index >= 15 is 0 Å². The Labute approximate surface area is 120 Å². The molecule has 2 atom stereocenters. The topological polar surface area (TPSA) is 71.2 Å². The standard InChI is InChI=1S/C15H24N4O/c1-19(2)14-13(9-6-10-17-14)18-15(20)11-7-4-3-5-8-12(11)16/h6,9-12H,3-5,7-8,16H2,1-2H3,(H,18,20). The van der Waals surface area contributed by atoms with E-state index in [1.807, 2.05) is 31.1 Å². The number of carbonyl (C=O) groups excluding carboxylic acids is 1. The van der Waals surface area contributed by atoms with Crippen molar-refractivity contribution in [1.82, 2.24) is 4.98 Å². The lowest BCUT2D eigenvalue weighted by atomic mass is 9.94. The van der Waals surface area contributed by atoms with Crippen LogP contribution in [0.25, 0.3) is 0 Å². The molecule has 0 bridgehead atoms. The normalized spacial score (nSPS) is 22.9. The highest BCUT2D eigenvalue weighted by Crippen LogP contribution is 2.26. The van der Waals surface area contributed by atoms with E-state index in [2.05, 4.69) is 10.3 Å². The lowest BCUT2D eigenvalue weighted by Crippen LogP contribution is -2.38. The van der Waals surface area contributed by atoms with E-state index < -0.39 is 0 Å². The monoisotopic (exact) mass is 276 g/mol. The third-order valence-corrected chi connectivity index (χ3v) is 3.87. The molecule has 5 heteroatoms. The summed E-state index contributed by atoms with van der Waals surface area (Å²) in [6.45, 7) is 0. The summed E-state index contributed by atoms with van der Waals surface area (Å²) in [5, 5.41) is 3.00. The van der Waals surface area contributed by atoms with Gasteiger partial charge in [0.05, 0.1) is 11.6 Å². The fourth-order valence-electron chi connectivity index (χ4n) is 2.74. The van der Waals surface area contributed by atoms with Crippen molar-refractivity contribution in [2.24, 2.45) is 11.7 Å². The van der Waals surface area contributed by atoms with E-state index in [1.165, 1.54) is 6.42 Å². The number of carbonyl (C=O) groups is 1. The molecule has 2 rings (SSSR count). The smallest absolute Gasteiger partial charge is 0.229 e. The van der Waals surface area contributed by atoms with Crippen LogP contribution in [0.5, 0.6) is 0 Å². The van der Waals surface area contributed by atoms with Crippen LogP contribution in [-0.2, 0) is 4.79 Å². The number of hydrogen-bond donors (Lipinski definition) is 2. The Hall–Kier alpha value is -1.62. The number of hydrogen-bond acceptors (Lipinski definition) is 4. The van der Waals surface area contributed by atoms with Crippen molar-refractivity contribution >= 4 is 17.4 Å². The minimum absolute atomic E-state index is 0.0236. The zero-order valence-corrected chi connectivity index (χ0v) is 12.3. The SMILES string of the molecule is CN(C)c1ncccc1NC(=O)C1CCCCCC1N. The summed E-state index contributed by atoms with van der Waals surface area (Å²) in [5.74, 6) is 0.700. The van der Waals surface area contributed by atoms with Crippen LogP contribution in [0.2, 0.25) is 0 Å². The van der Waals surface area contributed by atoms with Gasteiger partial charge >= 0.3 is 0 Å².